The minimum absolute atomic E-state index is 0.116. The molecule has 0 saturated carbocycles. The summed E-state index contributed by atoms with van der Waals surface area (Å²) in [6, 6.07) is 4.49. The Balaban J connectivity index is 1.83. The first-order valence-electron chi connectivity index (χ1n) is 7.70. The Morgan fingerprint density at radius 3 is 2.75 bits per heavy atom. The van der Waals surface area contributed by atoms with Crippen molar-refractivity contribution in [3.8, 4) is 0 Å². The predicted octanol–water partition coefficient (Wildman–Crippen LogP) is 1.57. The van der Waals surface area contributed by atoms with Crippen molar-refractivity contribution in [1.82, 2.24) is 19.7 Å². The lowest BCUT2D eigenvalue weighted by Crippen LogP contribution is -2.28. The van der Waals surface area contributed by atoms with Crippen molar-refractivity contribution in [1.29, 1.82) is 0 Å². The molecule has 0 atom stereocenters. The zero-order valence-corrected chi connectivity index (χ0v) is 13.3. The third kappa shape index (κ3) is 3.19. The highest BCUT2D eigenvalue weighted by Crippen LogP contribution is 2.25. The second kappa shape index (κ2) is 6.65. The van der Waals surface area contributed by atoms with Gasteiger partial charge in [-0.25, -0.2) is 4.98 Å². The summed E-state index contributed by atoms with van der Waals surface area (Å²) in [6.45, 7) is 1.70. The highest BCUT2D eigenvalue weighted by Gasteiger charge is 2.26. The molecule has 126 valence electrons. The number of anilines is 1. The molecular weight excluding hydrogens is 312 g/mol. The Labute approximate surface area is 138 Å². The van der Waals surface area contributed by atoms with Gasteiger partial charge in [0.25, 0.3) is 11.6 Å². The maximum Gasteiger partial charge on any atom is 0.282 e. The molecule has 2 heterocycles. The van der Waals surface area contributed by atoms with Crippen LogP contribution in [0.2, 0.25) is 0 Å². The van der Waals surface area contributed by atoms with E-state index >= 15 is 0 Å². The van der Waals surface area contributed by atoms with Crippen molar-refractivity contribution in [2.24, 2.45) is 7.05 Å². The third-order valence-electron chi connectivity index (χ3n) is 4.07. The first-order chi connectivity index (χ1) is 11.6. The van der Waals surface area contributed by atoms with Gasteiger partial charge in [0.2, 0.25) is 0 Å². The van der Waals surface area contributed by atoms with Crippen LogP contribution < -0.4 is 5.32 Å². The Hall–Kier alpha value is -2.97. The van der Waals surface area contributed by atoms with Gasteiger partial charge in [-0.15, -0.1) is 0 Å². The number of nitrogens with zero attached hydrogens (tertiary/aromatic N) is 5. The minimum Gasteiger partial charge on any atom is -0.378 e. The molecule has 9 nitrogen and oxygen atoms in total. The van der Waals surface area contributed by atoms with Crippen LogP contribution in [-0.4, -0.2) is 43.6 Å². The molecule has 9 heteroatoms. The normalized spacial score (nSPS) is 14.0. The quantitative estimate of drug-likeness (QED) is 0.659. The Bertz CT molecular complexity index is 766. The standard InChI is InChI=1S/C15H18N6O3/c1-19-14(17-10-18-19)9-16-11-4-5-13(21(23)24)12(8-11)15(22)20-6-2-3-7-20/h4-5,8,10,16H,2-3,6-7,9H2,1H3. The highest BCUT2D eigenvalue weighted by molar-refractivity contribution is 5.99. The molecule has 2 aromatic rings. The number of aromatic nitrogens is 3. The summed E-state index contributed by atoms with van der Waals surface area (Å²) in [6.07, 6.45) is 3.32. The summed E-state index contributed by atoms with van der Waals surface area (Å²) < 4.78 is 1.63. The second-order valence-electron chi connectivity index (χ2n) is 5.64. The molecule has 1 aromatic heterocycles. The van der Waals surface area contributed by atoms with E-state index in [9.17, 15) is 14.9 Å². The van der Waals surface area contributed by atoms with Crippen LogP contribution in [0, 0.1) is 10.1 Å². The first-order valence-corrected chi connectivity index (χ1v) is 7.70. The van der Waals surface area contributed by atoms with E-state index in [1.54, 1.807) is 22.7 Å². The van der Waals surface area contributed by atoms with E-state index in [0.29, 0.717) is 25.3 Å². The number of hydrogen-bond acceptors (Lipinski definition) is 6. The topological polar surface area (TPSA) is 106 Å². The summed E-state index contributed by atoms with van der Waals surface area (Å²) >= 11 is 0. The van der Waals surface area contributed by atoms with Crippen molar-refractivity contribution in [3.63, 3.8) is 0 Å². The second-order valence-corrected chi connectivity index (χ2v) is 5.64. The summed E-state index contributed by atoms with van der Waals surface area (Å²) in [7, 11) is 1.78. The summed E-state index contributed by atoms with van der Waals surface area (Å²) in [5.74, 6) is 0.433. The molecule has 0 bridgehead atoms. The van der Waals surface area contributed by atoms with Gasteiger partial charge in [0, 0.05) is 31.9 Å². The van der Waals surface area contributed by atoms with E-state index in [2.05, 4.69) is 15.4 Å². The van der Waals surface area contributed by atoms with Gasteiger partial charge in [0.1, 0.15) is 17.7 Å². The molecule has 0 aliphatic carbocycles. The molecule has 1 saturated heterocycles. The van der Waals surface area contributed by atoms with Gasteiger partial charge < -0.3 is 10.2 Å². The van der Waals surface area contributed by atoms with Crippen LogP contribution in [-0.2, 0) is 13.6 Å². The number of amides is 1. The van der Waals surface area contributed by atoms with Gasteiger partial charge >= 0.3 is 0 Å². The predicted molar refractivity (Wildman–Crippen MR) is 86.6 cm³/mol. The fourth-order valence-electron chi connectivity index (χ4n) is 2.73. The SMILES string of the molecule is Cn1ncnc1CNc1ccc([N+](=O)[O-])c(C(=O)N2CCCC2)c1. The minimum atomic E-state index is -0.518. The monoisotopic (exact) mass is 330 g/mol. The van der Waals surface area contributed by atoms with E-state index in [-0.39, 0.29) is 17.2 Å². The lowest BCUT2D eigenvalue weighted by molar-refractivity contribution is -0.385. The van der Waals surface area contributed by atoms with Crippen LogP contribution in [0.3, 0.4) is 0 Å². The third-order valence-corrected chi connectivity index (χ3v) is 4.07. The number of aryl methyl sites for hydroxylation is 1. The fourth-order valence-corrected chi connectivity index (χ4v) is 2.73. The largest absolute Gasteiger partial charge is 0.378 e. The first kappa shape index (κ1) is 15.9. The molecule has 0 radical (unpaired) electrons. The molecule has 1 fully saturated rings. The number of carbonyl (C=O) groups is 1. The van der Waals surface area contributed by atoms with Crippen molar-refractivity contribution < 1.29 is 9.72 Å². The molecule has 1 N–H and O–H groups in total. The zero-order valence-electron chi connectivity index (χ0n) is 13.3. The van der Waals surface area contributed by atoms with E-state index in [1.807, 2.05) is 0 Å². The molecule has 3 rings (SSSR count). The average molecular weight is 330 g/mol. The molecular formula is C15H18N6O3. The summed E-state index contributed by atoms with van der Waals surface area (Å²) in [5, 5.41) is 18.3. The fraction of sp³-hybridized carbons (Fsp3) is 0.400. The number of carbonyl (C=O) groups excluding carboxylic acids is 1. The number of rotatable bonds is 5. The summed E-state index contributed by atoms with van der Waals surface area (Å²) in [4.78, 5) is 29.1. The van der Waals surface area contributed by atoms with Crippen molar-refractivity contribution >= 4 is 17.3 Å². The van der Waals surface area contributed by atoms with Gasteiger partial charge in [-0.2, -0.15) is 5.10 Å². The zero-order chi connectivity index (χ0) is 17.1. The Morgan fingerprint density at radius 1 is 1.38 bits per heavy atom. The number of hydrogen-bond donors (Lipinski definition) is 1. The maximum absolute atomic E-state index is 12.6. The summed E-state index contributed by atoms with van der Waals surface area (Å²) in [5.41, 5.74) is 0.576. The van der Waals surface area contributed by atoms with Gasteiger partial charge in [-0.1, -0.05) is 0 Å². The number of nitro benzene ring substituents is 1. The van der Waals surface area contributed by atoms with Crippen molar-refractivity contribution in [2.75, 3.05) is 18.4 Å². The van der Waals surface area contributed by atoms with E-state index < -0.39 is 4.92 Å². The lowest BCUT2D eigenvalue weighted by Gasteiger charge is -2.16. The smallest absolute Gasteiger partial charge is 0.282 e. The van der Waals surface area contributed by atoms with Crippen LogP contribution in [0.5, 0.6) is 0 Å². The number of benzene rings is 1. The van der Waals surface area contributed by atoms with Crippen LogP contribution in [0.1, 0.15) is 29.0 Å². The lowest BCUT2D eigenvalue weighted by atomic mass is 10.1. The van der Waals surface area contributed by atoms with Crippen molar-refractivity contribution in [3.05, 3.63) is 46.0 Å². The van der Waals surface area contributed by atoms with Gasteiger partial charge in [0.05, 0.1) is 11.5 Å². The van der Waals surface area contributed by atoms with Crippen LogP contribution in [0.4, 0.5) is 11.4 Å². The average Bonchev–Trinajstić information content (AvgIpc) is 3.23. The molecule has 24 heavy (non-hydrogen) atoms. The maximum atomic E-state index is 12.6. The highest BCUT2D eigenvalue weighted by atomic mass is 16.6. The number of nitrogens with one attached hydrogen (secondary N) is 1. The van der Waals surface area contributed by atoms with E-state index in [1.165, 1.54) is 18.5 Å². The molecule has 0 spiro atoms. The molecule has 1 aliphatic heterocycles. The van der Waals surface area contributed by atoms with Gasteiger partial charge in [-0.3, -0.25) is 19.6 Å². The van der Waals surface area contributed by atoms with Gasteiger partial charge in [0.15, 0.2) is 0 Å². The Kier molecular flexibility index (Phi) is 4.41. The molecule has 1 aromatic carbocycles. The van der Waals surface area contributed by atoms with E-state index in [4.69, 9.17) is 0 Å². The molecule has 1 aliphatic rings. The van der Waals surface area contributed by atoms with Gasteiger partial charge in [-0.05, 0) is 25.0 Å². The molecule has 1 amide bonds. The van der Waals surface area contributed by atoms with Crippen LogP contribution >= 0.6 is 0 Å². The molecule has 0 unspecified atom stereocenters. The number of nitro groups is 1. The van der Waals surface area contributed by atoms with E-state index in [0.717, 1.165) is 18.7 Å². The van der Waals surface area contributed by atoms with Crippen LogP contribution in [0.15, 0.2) is 24.5 Å². The van der Waals surface area contributed by atoms with Crippen LogP contribution in [0.25, 0.3) is 0 Å². The Morgan fingerprint density at radius 2 is 2.12 bits per heavy atom. The van der Waals surface area contributed by atoms with Crippen molar-refractivity contribution in [2.45, 2.75) is 19.4 Å². The number of likely N-dealkylation sites (tertiary alicyclic amines) is 1.